The lowest BCUT2D eigenvalue weighted by atomic mass is 10.2. The van der Waals surface area contributed by atoms with Crippen LogP contribution in [0, 0.1) is 0 Å². The minimum atomic E-state index is -3.33. The van der Waals surface area contributed by atoms with E-state index in [1.807, 2.05) is 29.0 Å². The number of amides is 2. The number of anilines is 2. The van der Waals surface area contributed by atoms with Gasteiger partial charge in [-0.05, 0) is 26.0 Å². The molecule has 0 saturated heterocycles. The van der Waals surface area contributed by atoms with Crippen LogP contribution < -0.4 is 43.8 Å². The third kappa shape index (κ3) is 6.97. The number of hydrogen-bond acceptors (Lipinski definition) is 8. The Labute approximate surface area is 225 Å². The lowest BCUT2D eigenvalue weighted by molar-refractivity contribution is -0.676. The first-order chi connectivity index (χ1) is 17.0. The Balaban J connectivity index is 0.00000481. The third-order valence-corrected chi connectivity index (χ3v) is 6.38. The second-order valence-corrected chi connectivity index (χ2v) is 10.0. The molecule has 2 aromatic heterocycles. The number of nitrogens with zero attached hydrogens (tertiary/aromatic N) is 4. The monoisotopic (exact) mass is 573 g/mol. The normalized spacial score (nSPS) is 11.2. The van der Waals surface area contributed by atoms with E-state index in [9.17, 15) is 18.0 Å². The van der Waals surface area contributed by atoms with Gasteiger partial charge in [0.2, 0.25) is 10.0 Å². The molecule has 16 heteroatoms. The summed E-state index contributed by atoms with van der Waals surface area (Å²) in [4.78, 5) is 33.1. The van der Waals surface area contributed by atoms with Crippen LogP contribution in [0.15, 0.2) is 18.2 Å². The number of nitrogen functional groups attached to an aromatic ring is 2. The number of hydrogen-bond donors (Lipinski definition) is 5. The summed E-state index contributed by atoms with van der Waals surface area (Å²) in [7, 11) is -3.33. The van der Waals surface area contributed by atoms with E-state index >= 15 is 0 Å². The molecule has 0 radical (unpaired) electrons. The molecule has 0 fully saturated rings. The van der Waals surface area contributed by atoms with E-state index in [1.54, 1.807) is 12.1 Å². The summed E-state index contributed by atoms with van der Waals surface area (Å²) in [5.74, 6) is -0.279. The summed E-state index contributed by atoms with van der Waals surface area (Å²) >= 11 is 5.89. The van der Waals surface area contributed by atoms with Crippen LogP contribution in [0.3, 0.4) is 0 Å². The zero-order chi connectivity index (χ0) is 26.6. The Kier molecular flexibility index (Phi) is 10.0. The summed E-state index contributed by atoms with van der Waals surface area (Å²) in [6.07, 6.45) is 1.05. The number of sulfonamides is 1. The van der Waals surface area contributed by atoms with Crippen molar-refractivity contribution >= 4 is 56.1 Å². The van der Waals surface area contributed by atoms with Crippen molar-refractivity contribution in [2.75, 3.05) is 30.8 Å². The maximum atomic E-state index is 12.7. The van der Waals surface area contributed by atoms with Gasteiger partial charge in [-0.2, -0.15) is 0 Å². The topological polar surface area (TPSA) is 191 Å². The van der Waals surface area contributed by atoms with Gasteiger partial charge in [0, 0.05) is 24.7 Å². The number of carbonyl (C=O) groups excluding carboxylic acids is 2. The Morgan fingerprint density at radius 3 is 2.41 bits per heavy atom. The SMILES string of the molecule is CCn1c(CNC(=O)c2nc(Cl)c(N)nc2N)[n+](CC)c2ccc(C(=O)NCCNS(C)(=O)=O)cc21.[Cl-]. The Morgan fingerprint density at radius 2 is 1.78 bits per heavy atom. The van der Waals surface area contributed by atoms with Crippen molar-refractivity contribution in [2.45, 2.75) is 33.5 Å². The van der Waals surface area contributed by atoms with Crippen molar-refractivity contribution in [3.8, 4) is 0 Å². The minimum absolute atomic E-state index is 0. The molecule has 0 spiro atoms. The quantitative estimate of drug-likeness (QED) is 0.123. The summed E-state index contributed by atoms with van der Waals surface area (Å²) in [5, 5.41) is 5.38. The number of nitrogens with one attached hydrogen (secondary N) is 3. The number of nitrogens with two attached hydrogens (primary N) is 2. The highest BCUT2D eigenvalue weighted by molar-refractivity contribution is 7.88. The first-order valence-electron chi connectivity index (χ1n) is 11.1. The lowest BCUT2D eigenvalue weighted by Crippen LogP contribution is -3.00. The number of aromatic nitrogens is 4. The highest BCUT2D eigenvalue weighted by Crippen LogP contribution is 2.19. The van der Waals surface area contributed by atoms with Crippen molar-refractivity contribution in [1.82, 2.24) is 29.9 Å². The van der Waals surface area contributed by atoms with Crippen LogP contribution in [0.4, 0.5) is 11.6 Å². The number of carbonyl (C=O) groups is 2. The van der Waals surface area contributed by atoms with Gasteiger partial charge in [0.25, 0.3) is 17.6 Å². The summed E-state index contributed by atoms with van der Waals surface area (Å²) in [5.41, 5.74) is 13.4. The van der Waals surface area contributed by atoms with Gasteiger partial charge in [0.15, 0.2) is 33.5 Å². The minimum Gasteiger partial charge on any atom is -1.00 e. The number of halogens is 2. The van der Waals surface area contributed by atoms with Crippen LogP contribution >= 0.6 is 11.6 Å². The number of fused-ring (bicyclic) bond motifs is 1. The van der Waals surface area contributed by atoms with E-state index in [0.717, 1.165) is 23.1 Å². The molecule has 37 heavy (non-hydrogen) atoms. The van der Waals surface area contributed by atoms with Crippen molar-refractivity contribution in [2.24, 2.45) is 0 Å². The van der Waals surface area contributed by atoms with E-state index in [2.05, 4.69) is 25.3 Å². The average Bonchev–Trinajstić information content (AvgIpc) is 3.13. The van der Waals surface area contributed by atoms with Crippen LogP contribution in [0.2, 0.25) is 5.15 Å². The van der Waals surface area contributed by atoms with Gasteiger partial charge in [0.05, 0.1) is 19.3 Å². The Bertz CT molecular complexity index is 1430. The van der Waals surface area contributed by atoms with Crippen LogP contribution in [-0.2, 0) is 29.7 Å². The van der Waals surface area contributed by atoms with Gasteiger partial charge >= 0.3 is 0 Å². The Hall–Kier alpha value is -3.20. The molecule has 0 atom stereocenters. The molecule has 1 aromatic carbocycles. The second-order valence-electron chi connectivity index (χ2n) is 7.85. The molecule has 3 rings (SSSR count). The van der Waals surface area contributed by atoms with Crippen molar-refractivity contribution < 1.29 is 35.0 Å². The molecule has 0 unspecified atom stereocenters. The molecule has 7 N–H and O–H groups in total. The third-order valence-electron chi connectivity index (χ3n) is 5.38. The summed E-state index contributed by atoms with van der Waals surface area (Å²) in [6, 6.07) is 5.30. The molecule has 2 heterocycles. The van der Waals surface area contributed by atoms with Gasteiger partial charge in [-0.25, -0.2) is 32.2 Å². The standard InChI is InChI=1S/C21H28ClN9O4S.ClH/c1-4-30-13-7-6-12(20(32)25-8-9-27-36(3,34)35)10-14(13)31(5-2)15(30)11-26-21(33)16-18(23)29-19(24)17(22)28-16;/h6-7,10,27H,4-5,8-9,11H2,1-3H3,(H5-,23,24,25,26,29,32,33);1H. The first-order valence-corrected chi connectivity index (χ1v) is 13.4. The number of imidazole rings is 1. The maximum Gasteiger partial charge on any atom is 0.277 e. The van der Waals surface area contributed by atoms with Crippen LogP contribution in [0.25, 0.3) is 11.0 Å². The van der Waals surface area contributed by atoms with E-state index in [4.69, 9.17) is 23.1 Å². The molecule has 0 bridgehead atoms. The smallest absolute Gasteiger partial charge is 0.277 e. The fourth-order valence-corrected chi connectivity index (χ4v) is 4.40. The summed E-state index contributed by atoms with van der Waals surface area (Å²) < 4.78 is 28.7. The van der Waals surface area contributed by atoms with E-state index < -0.39 is 15.9 Å². The van der Waals surface area contributed by atoms with Crippen molar-refractivity contribution in [1.29, 1.82) is 0 Å². The predicted molar refractivity (Wildman–Crippen MR) is 136 cm³/mol. The van der Waals surface area contributed by atoms with E-state index in [-0.39, 0.29) is 60.4 Å². The van der Waals surface area contributed by atoms with Gasteiger partial charge in [-0.1, -0.05) is 11.6 Å². The zero-order valence-corrected chi connectivity index (χ0v) is 22.8. The largest absolute Gasteiger partial charge is 1.00 e. The van der Waals surface area contributed by atoms with Crippen LogP contribution in [0.1, 0.15) is 40.5 Å². The van der Waals surface area contributed by atoms with E-state index in [1.165, 1.54) is 0 Å². The molecule has 3 aromatic rings. The molecule has 202 valence electrons. The predicted octanol–water partition coefficient (Wildman–Crippen LogP) is -3.21. The molecule has 13 nitrogen and oxygen atoms in total. The van der Waals surface area contributed by atoms with Gasteiger partial charge < -0.3 is 34.5 Å². The Morgan fingerprint density at radius 1 is 1.08 bits per heavy atom. The van der Waals surface area contributed by atoms with Crippen molar-refractivity contribution in [3.05, 3.63) is 40.4 Å². The number of rotatable bonds is 10. The highest BCUT2D eigenvalue weighted by Gasteiger charge is 2.26. The average molecular weight is 574 g/mol. The zero-order valence-electron chi connectivity index (χ0n) is 20.5. The van der Waals surface area contributed by atoms with Gasteiger partial charge in [-0.3, -0.25) is 9.59 Å². The highest BCUT2D eigenvalue weighted by atomic mass is 35.5. The molecule has 0 aliphatic rings. The molecule has 0 saturated carbocycles. The maximum absolute atomic E-state index is 12.7. The fourth-order valence-electron chi connectivity index (χ4n) is 3.80. The number of aryl methyl sites for hydroxylation is 2. The first kappa shape index (κ1) is 30.0. The number of benzene rings is 1. The van der Waals surface area contributed by atoms with Crippen LogP contribution in [0.5, 0.6) is 0 Å². The second kappa shape index (κ2) is 12.4. The molecular weight excluding hydrogens is 545 g/mol. The van der Waals surface area contributed by atoms with E-state index in [0.29, 0.717) is 18.7 Å². The van der Waals surface area contributed by atoms with Crippen molar-refractivity contribution in [3.63, 3.8) is 0 Å². The summed E-state index contributed by atoms with van der Waals surface area (Å²) in [6.45, 7) is 5.51. The molecule has 0 aliphatic heterocycles. The van der Waals surface area contributed by atoms with Gasteiger partial charge in [-0.15, -0.1) is 0 Å². The van der Waals surface area contributed by atoms with Crippen LogP contribution in [-0.4, -0.2) is 54.1 Å². The molecule has 2 amide bonds. The van der Waals surface area contributed by atoms with Gasteiger partial charge in [0.1, 0.15) is 6.54 Å². The molecular formula is C21H29Cl2N9O4S. The lowest BCUT2D eigenvalue weighted by Gasteiger charge is -2.08. The fraction of sp³-hybridized carbons (Fsp3) is 0.381. The molecule has 0 aliphatic carbocycles.